The van der Waals surface area contributed by atoms with Crippen molar-refractivity contribution in [3.8, 4) is 0 Å². The number of nitrogens with zero attached hydrogens (tertiary/aromatic N) is 1. The van der Waals surface area contributed by atoms with E-state index in [-0.39, 0.29) is 17.2 Å². The molecule has 0 aromatic heterocycles. The van der Waals surface area contributed by atoms with Gasteiger partial charge >= 0.3 is 0 Å². The first kappa shape index (κ1) is 19.1. The lowest BCUT2D eigenvalue weighted by molar-refractivity contribution is -0.127. The molecule has 2 aromatic rings. The Bertz CT molecular complexity index is 843. The number of carbonyl (C=O) groups is 2. The summed E-state index contributed by atoms with van der Waals surface area (Å²) in [5.41, 5.74) is 2.05. The summed E-state index contributed by atoms with van der Waals surface area (Å²) in [6, 6.07) is 18.0. The molecule has 146 valence electrons. The summed E-state index contributed by atoms with van der Waals surface area (Å²) in [6.45, 7) is 2.38. The number of hydrogen-bond donors (Lipinski definition) is 1. The minimum atomic E-state index is -0.0565. The second kappa shape index (κ2) is 8.39. The van der Waals surface area contributed by atoms with Gasteiger partial charge in [-0.05, 0) is 43.4 Å². The fraction of sp³-hybridized carbons (Fsp3) is 0.391. The minimum absolute atomic E-state index is 0.0565. The quantitative estimate of drug-likeness (QED) is 0.726. The van der Waals surface area contributed by atoms with Gasteiger partial charge in [0, 0.05) is 29.9 Å². The monoisotopic (exact) mass is 394 g/mol. The molecule has 1 N–H and O–H groups in total. The van der Waals surface area contributed by atoms with Gasteiger partial charge in [0.05, 0.1) is 11.3 Å². The first-order chi connectivity index (χ1) is 13.7. The van der Waals surface area contributed by atoms with Crippen molar-refractivity contribution in [2.24, 2.45) is 0 Å². The van der Waals surface area contributed by atoms with Gasteiger partial charge in [0.25, 0.3) is 5.91 Å². The van der Waals surface area contributed by atoms with Crippen molar-refractivity contribution in [2.45, 2.75) is 36.0 Å². The number of amides is 2. The summed E-state index contributed by atoms with van der Waals surface area (Å²) in [7, 11) is 0. The molecular formula is C23H26N2O2S. The molecule has 0 atom stereocenters. The van der Waals surface area contributed by atoms with Gasteiger partial charge in [-0.1, -0.05) is 42.5 Å². The topological polar surface area (TPSA) is 49.4 Å². The summed E-state index contributed by atoms with van der Waals surface area (Å²) in [5, 5.41) is 3.14. The largest absolute Gasteiger partial charge is 0.351 e. The molecule has 1 aliphatic heterocycles. The third-order valence-electron chi connectivity index (χ3n) is 5.77. The molecule has 1 heterocycles. The zero-order valence-electron chi connectivity index (χ0n) is 16.0. The molecule has 1 saturated heterocycles. The van der Waals surface area contributed by atoms with E-state index in [2.05, 4.69) is 29.6 Å². The van der Waals surface area contributed by atoms with Gasteiger partial charge in [0.1, 0.15) is 0 Å². The van der Waals surface area contributed by atoms with Crippen LogP contribution in [0.5, 0.6) is 0 Å². The van der Waals surface area contributed by atoms with Crippen LogP contribution in [0.3, 0.4) is 0 Å². The summed E-state index contributed by atoms with van der Waals surface area (Å²) in [6.07, 6.45) is 4.41. The van der Waals surface area contributed by atoms with Gasteiger partial charge in [-0.15, -0.1) is 11.8 Å². The number of carbonyl (C=O) groups excluding carboxylic acids is 2. The van der Waals surface area contributed by atoms with E-state index >= 15 is 0 Å². The SMILES string of the molecule is O=C(NCC1(c2ccccc2)CC1)c1ccccc1SCC(=O)N1CCCC1. The highest BCUT2D eigenvalue weighted by atomic mass is 32.2. The number of likely N-dealkylation sites (tertiary alicyclic amines) is 1. The molecule has 1 aliphatic carbocycles. The Kier molecular flexibility index (Phi) is 5.72. The summed E-state index contributed by atoms with van der Waals surface area (Å²) in [5.74, 6) is 0.496. The number of nitrogens with one attached hydrogen (secondary N) is 1. The van der Waals surface area contributed by atoms with Crippen LogP contribution in [0.2, 0.25) is 0 Å². The van der Waals surface area contributed by atoms with E-state index in [9.17, 15) is 9.59 Å². The maximum absolute atomic E-state index is 12.9. The molecule has 0 bridgehead atoms. The number of thioether (sulfide) groups is 1. The van der Waals surface area contributed by atoms with Crippen LogP contribution in [0.15, 0.2) is 59.5 Å². The zero-order valence-corrected chi connectivity index (χ0v) is 16.8. The molecule has 4 rings (SSSR count). The van der Waals surface area contributed by atoms with E-state index in [1.165, 1.54) is 17.3 Å². The van der Waals surface area contributed by atoms with E-state index in [1.807, 2.05) is 35.2 Å². The standard InChI is InChI=1S/C23H26N2O2S/c26-21(25-14-6-7-15-25)16-28-20-11-5-4-10-19(20)22(27)24-17-23(12-13-23)18-8-2-1-3-9-18/h1-5,8-11H,6-7,12-17H2,(H,24,27). The lowest BCUT2D eigenvalue weighted by Crippen LogP contribution is -2.32. The predicted octanol–water partition coefficient (Wildman–Crippen LogP) is 3.86. The lowest BCUT2D eigenvalue weighted by atomic mass is 9.96. The van der Waals surface area contributed by atoms with Gasteiger partial charge < -0.3 is 10.2 Å². The van der Waals surface area contributed by atoms with Crippen molar-refractivity contribution in [3.05, 3.63) is 65.7 Å². The normalized spacial score (nSPS) is 17.4. The second-order valence-electron chi connectivity index (χ2n) is 7.70. The van der Waals surface area contributed by atoms with Crippen LogP contribution in [-0.2, 0) is 10.2 Å². The van der Waals surface area contributed by atoms with Gasteiger partial charge in [-0.2, -0.15) is 0 Å². The summed E-state index contributed by atoms with van der Waals surface area (Å²) >= 11 is 1.46. The smallest absolute Gasteiger partial charge is 0.252 e. The van der Waals surface area contributed by atoms with Crippen LogP contribution >= 0.6 is 11.8 Å². The Morgan fingerprint density at radius 1 is 0.964 bits per heavy atom. The number of benzene rings is 2. The van der Waals surface area contributed by atoms with Gasteiger partial charge in [-0.3, -0.25) is 9.59 Å². The Morgan fingerprint density at radius 2 is 1.64 bits per heavy atom. The lowest BCUT2D eigenvalue weighted by Gasteiger charge is -2.18. The number of rotatable bonds is 7. The molecule has 4 nitrogen and oxygen atoms in total. The third kappa shape index (κ3) is 4.25. The zero-order chi connectivity index (χ0) is 19.4. The Hall–Kier alpha value is -2.27. The molecule has 2 aromatic carbocycles. The summed E-state index contributed by atoms with van der Waals surface area (Å²) in [4.78, 5) is 28.0. The molecular weight excluding hydrogens is 368 g/mol. The molecule has 1 saturated carbocycles. The Morgan fingerprint density at radius 3 is 2.36 bits per heavy atom. The van der Waals surface area contributed by atoms with Crippen LogP contribution in [0.25, 0.3) is 0 Å². The fourth-order valence-electron chi connectivity index (χ4n) is 3.83. The molecule has 0 unspecified atom stereocenters. The molecule has 2 amide bonds. The first-order valence-corrected chi connectivity index (χ1v) is 11.0. The van der Waals surface area contributed by atoms with Crippen molar-refractivity contribution in [2.75, 3.05) is 25.4 Å². The average molecular weight is 395 g/mol. The van der Waals surface area contributed by atoms with E-state index in [0.717, 1.165) is 43.7 Å². The summed E-state index contributed by atoms with van der Waals surface area (Å²) < 4.78 is 0. The maximum Gasteiger partial charge on any atom is 0.252 e. The van der Waals surface area contributed by atoms with Crippen LogP contribution < -0.4 is 5.32 Å². The fourth-order valence-corrected chi connectivity index (χ4v) is 4.78. The van der Waals surface area contributed by atoms with E-state index in [1.54, 1.807) is 0 Å². The molecule has 0 spiro atoms. The second-order valence-corrected chi connectivity index (χ2v) is 8.72. The number of hydrogen-bond acceptors (Lipinski definition) is 3. The van der Waals surface area contributed by atoms with Crippen molar-refractivity contribution in [1.82, 2.24) is 10.2 Å². The Balaban J connectivity index is 1.37. The maximum atomic E-state index is 12.9. The highest BCUT2D eigenvalue weighted by Gasteiger charge is 2.44. The highest BCUT2D eigenvalue weighted by Crippen LogP contribution is 2.47. The van der Waals surface area contributed by atoms with Crippen molar-refractivity contribution >= 4 is 23.6 Å². The van der Waals surface area contributed by atoms with Crippen molar-refractivity contribution in [3.63, 3.8) is 0 Å². The Labute approximate surface area is 170 Å². The predicted molar refractivity (Wildman–Crippen MR) is 113 cm³/mol. The van der Waals surface area contributed by atoms with Crippen LogP contribution in [0, 0.1) is 0 Å². The molecule has 2 fully saturated rings. The third-order valence-corrected chi connectivity index (χ3v) is 6.83. The molecule has 28 heavy (non-hydrogen) atoms. The van der Waals surface area contributed by atoms with Crippen LogP contribution in [0.4, 0.5) is 0 Å². The first-order valence-electron chi connectivity index (χ1n) is 10.0. The molecule has 0 radical (unpaired) electrons. The molecule has 2 aliphatic rings. The van der Waals surface area contributed by atoms with Crippen LogP contribution in [-0.4, -0.2) is 42.1 Å². The van der Waals surface area contributed by atoms with Gasteiger partial charge in [0.15, 0.2) is 0 Å². The minimum Gasteiger partial charge on any atom is -0.351 e. The van der Waals surface area contributed by atoms with Gasteiger partial charge in [0.2, 0.25) is 5.91 Å². The van der Waals surface area contributed by atoms with Crippen molar-refractivity contribution < 1.29 is 9.59 Å². The van der Waals surface area contributed by atoms with Crippen LogP contribution in [0.1, 0.15) is 41.6 Å². The molecule has 5 heteroatoms. The van der Waals surface area contributed by atoms with E-state index in [4.69, 9.17) is 0 Å². The van der Waals surface area contributed by atoms with Crippen molar-refractivity contribution in [1.29, 1.82) is 0 Å². The van der Waals surface area contributed by atoms with E-state index < -0.39 is 0 Å². The van der Waals surface area contributed by atoms with Gasteiger partial charge in [-0.25, -0.2) is 0 Å². The average Bonchev–Trinajstić information content (AvgIpc) is 3.34. The van der Waals surface area contributed by atoms with E-state index in [0.29, 0.717) is 17.9 Å². The highest BCUT2D eigenvalue weighted by molar-refractivity contribution is 8.00.